The standard InChI is InChI=1S/C19H17ClN2O2/c1-2-21(15-11-7-4-8-12-15)17-16(20)18(23)22(19(17)24)13-14-9-5-3-6-10-14/h3-12H,2,13H2,1H3. The average Bonchev–Trinajstić information content (AvgIpc) is 2.82. The van der Waals surface area contributed by atoms with Crippen molar-refractivity contribution in [1.29, 1.82) is 0 Å². The molecule has 2 aromatic carbocycles. The van der Waals surface area contributed by atoms with E-state index in [0.29, 0.717) is 6.54 Å². The number of carbonyl (C=O) groups excluding carboxylic acids is 2. The Kier molecular flexibility index (Phi) is 4.67. The van der Waals surface area contributed by atoms with Crippen molar-refractivity contribution in [2.45, 2.75) is 13.5 Å². The lowest BCUT2D eigenvalue weighted by Gasteiger charge is -2.24. The highest BCUT2D eigenvalue weighted by Gasteiger charge is 2.40. The highest BCUT2D eigenvalue weighted by Crippen LogP contribution is 2.31. The van der Waals surface area contributed by atoms with Crippen LogP contribution in [0.15, 0.2) is 71.4 Å². The maximum atomic E-state index is 12.8. The SMILES string of the molecule is CCN(C1=C(Cl)C(=O)N(Cc2ccccc2)C1=O)c1ccccc1. The van der Waals surface area contributed by atoms with Gasteiger partial charge in [0, 0.05) is 12.2 Å². The Balaban J connectivity index is 1.91. The molecule has 5 heteroatoms. The zero-order chi connectivity index (χ0) is 17.1. The van der Waals surface area contributed by atoms with Crippen LogP contribution in [0.2, 0.25) is 0 Å². The Morgan fingerprint density at radius 2 is 1.50 bits per heavy atom. The summed E-state index contributed by atoms with van der Waals surface area (Å²) in [5.41, 5.74) is 1.95. The van der Waals surface area contributed by atoms with Gasteiger partial charge in [0.15, 0.2) is 0 Å². The highest BCUT2D eigenvalue weighted by atomic mass is 35.5. The molecular formula is C19H17ClN2O2. The number of benzene rings is 2. The second kappa shape index (κ2) is 6.89. The molecule has 0 N–H and O–H groups in total. The smallest absolute Gasteiger partial charge is 0.279 e. The second-order valence-corrected chi connectivity index (χ2v) is 5.80. The molecule has 1 aliphatic heterocycles. The van der Waals surface area contributed by atoms with Crippen molar-refractivity contribution in [2.24, 2.45) is 0 Å². The third-order valence-electron chi connectivity index (χ3n) is 3.93. The summed E-state index contributed by atoms with van der Waals surface area (Å²) in [5.74, 6) is -0.811. The van der Waals surface area contributed by atoms with Gasteiger partial charge in [0.05, 0.1) is 6.54 Å². The molecule has 0 aromatic heterocycles. The number of para-hydroxylation sites is 1. The van der Waals surface area contributed by atoms with E-state index >= 15 is 0 Å². The van der Waals surface area contributed by atoms with Crippen molar-refractivity contribution in [2.75, 3.05) is 11.4 Å². The fraction of sp³-hybridized carbons (Fsp3) is 0.158. The van der Waals surface area contributed by atoms with Crippen molar-refractivity contribution >= 4 is 29.1 Å². The van der Waals surface area contributed by atoms with Gasteiger partial charge < -0.3 is 4.90 Å². The van der Waals surface area contributed by atoms with E-state index in [1.165, 1.54) is 4.90 Å². The summed E-state index contributed by atoms with van der Waals surface area (Å²) in [5, 5.41) is -0.0263. The summed E-state index contributed by atoms with van der Waals surface area (Å²) in [7, 11) is 0. The fourth-order valence-corrected chi connectivity index (χ4v) is 3.04. The van der Waals surface area contributed by atoms with Gasteiger partial charge >= 0.3 is 0 Å². The minimum atomic E-state index is -0.449. The lowest BCUT2D eigenvalue weighted by molar-refractivity contribution is -0.138. The first-order chi connectivity index (χ1) is 11.6. The highest BCUT2D eigenvalue weighted by molar-refractivity contribution is 6.48. The number of hydrogen-bond acceptors (Lipinski definition) is 3. The summed E-state index contributed by atoms with van der Waals surface area (Å²) in [6, 6.07) is 18.8. The van der Waals surface area contributed by atoms with Crippen LogP contribution < -0.4 is 4.90 Å². The van der Waals surface area contributed by atoms with Crippen LogP contribution in [0.25, 0.3) is 0 Å². The maximum Gasteiger partial charge on any atom is 0.279 e. The van der Waals surface area contributed by atoms with Crippen LogP contribution in [0.4, 0.5) is 5.69 Å². The number of carbonyl (C=O) groups is 2. The molecule has 2 aromatic rings. The predicted octanol–water partition coefficient (Wildman–Crippen LogP) is 3.53. The van der Waals surface area contributed by atoms with Gasteiger partial charge in [0.25, 0.3) is 11.8 Å². The number of likely N-dealkylation sites (N-methyl/N-ethyl adjacent to an activating group) is 1. The zero-order valence-electron chi connectivity index (χ0n) is 13.3. The Labute approximate surface area is 145 Å². The van der Waals surface area contributed by atoms with E-state index in [4.69, 9.17) is 11.6 Å². The molecule has 122 valence electrons. The molecule has 0 fully saturated rings. The van der Waals surface area contributed by atoms with Gasteiger partial charge in [-0.2, -0.15) is 0 Å². The number of imide groups is 1. The monoisotopic (exact) mass is 340 g/mol. The molecular weight excluding hydrogens is 324 g/mol. The summed E-state index contributed by atoms with van der Waals surface area (Å²) in [6.07, 6.45) is 0. The van der Waals surface area contributed by atoms with Crippen LogP contribution in [-0.2, 0) is 16.1 Å². The van der Waals surface area contributed by atoms with Gasteiger partial charge in [-0.25, -0.2) is 0 Å². The number of nitrogens with zero attached hydrogens (tertiary/aromatic N) is 2. The molecule has 2 amide bonds. The van der Waals surface area contributed by atoms with Crippen molar-refractivity contribution in [3.05, 3.63) is 77.0 Å². The number of amides is 2. The molecule has 0 atom stereocenters. The molecule has 1 heterocycles. The molecule has 1 aliphatic rings. The Bertz CT molecular complexity index is 788. The quantitative estimate of drug-likeness (QED) is 0.782. The molecule has 0 saturated heterocycles. The molecule has 4 nitrogen and oxygen atoms in total. The normalized spacial score (nSPS) is 14.5. The Morgan fingerprint density at radius 3 is 2.08 bits per heavy atom. The third kappa shape index (κ3) is 2.93. The molecule has 0 radical (unpaired) electrons. The van der Waals surface area contributed by atoms with Crippen molar-refractivity contribution in [3.63, 3.8) is 0 Å². The van der Waals surface area contributed by atoms with Gasteiger partial charge in [-0.15, -0.1) is 0 Å². The minimum absolute atomic E-state index is 0.0263. The first-order valence-corrected chi connectivity index (χ1v) is 8.13. The number of halogens is 1. The first-order valence-electron chi connectivity index (χ1n) is 7.76. The maximum absolute atomic E-state index is 12.8. The molecule has 0 aliphatic carbocycles. The van der Waals surface area contributed by atoms with E-state index in [-0.39, 0.29) is 23.2 Å². The van der Waals surface area contributed by atoms with E-state index < -0.39 is 5.91 Å². The van der Waals surface area contributed by atoms with E-state index in [2.05, 4.69) is 0 Å². The summed E-state index contributed by atoms with van der Waals surface area (Å²) in [4.78, 5) is 28.3. The third-order valence-corrected chi connectivity index (χ3v) is 4.27. The summed E-state index contributed by atoms with van der Waals surface area (Å²) < 4.78 is 0. The number of hydrogen-bond donors (Lipinski definition) is 0. The Morgan fingerprint density at radius 1 is 0.917 bits per heavy atom. The summed E-state index contributed by atoms with van der Waals surface area (Å²) in [6.45, 7) is 2.67. The van der Waals surface area contributed by atoms with Gasteiger partial charge in [-0.3, -0.25) is 14.5 Å². The van der Waals surface area contributed by atoms with E-state index in [9.17, 15) is 9.59 Å². The predicted molar refractivity (Wildman–Crippen MR) is 94.3 cm³/mol. The van der Waals surface area contributed by atoms with E-state index in [1.807, 2.05) is 67.6 Å². The van der Waals surface area contributed by atoms with Crippen molar-refractivity contribution in [3.8, 4) is 0 Å². The van der Waals surface area contributed by atoms with Crippen molar-refractivity contribution < 1.29 is 9.59 Å². The largest absolute Gasteiger partial charge is 0.336 e. The van der Waals surface area contributed by atoms with Gasteiger partial charge in [0.2, 0.25) is 0 Å². The Hall–Kier alpha value is -2.59. The van der Waals surface area contributed by atoms with Crippen LogP contribution in [0.3, 0.4) is 0 Å². The van der Waals surface area contributed by atoms with Crippen LogP contribution >= 0.6 is 11.6 Å². The van der Waals surface area contributed by atoms with E-state index in [1.54, 1.807) is 4.90 Å². The van der Waals surface area contributed by atoms with Gasteiger partial charge in [0.1, 0.15) is 10.7 Å². The molecule has 0 unspecified atom stereocenters. The lowest BCUT2D eigenvalue weighted by Crippen LogP contribution is -2.34. The molecule has 0 bridgehead atoms. The minimum Gasteiger partial charge on any atom is -0.336 e. The number of rotatable bonds is 5. The molecule has 3 rings (SSSR count). The van der Waals surface area contributed by atoms with Gasteiger partial charge in [-0.1, -0.05) is 60.1 Å². The average molecular weight is 341 g/mol. The topological polar surface area (TPSA) is 40.6 Å². The fourth-order valence-electron chi connectivity index (χ4n) is 2.75. The zero-order valence-corrected chi connectivity index (χ0v) is 14.0. The number of anilines is 1. The lowest BCUT2D eigenvalue weighted by atomic mass is 10.2. The van der Waals surface area contributed by atoms with Crippen LogP contribution in [0.5, 0.6) is 0 Å². The molecule has 0 spiro atoms. The van der Waals surface area contributed by atoms with E-state index in [0.717, 1.165) is 11.3 Å². The van der Waals surface area contributed by atoms with Gasteiger partial charge in [-0.05, 0) is 24.6 Å². The summed E-state index contributed by atoms with van der Waals surface area (Å²) >= 11 is 6.23. The molecule has 0 saturated carbocycles. The van der Waals surface area contributed by atoms with Crippen LogP contribution in [0, 0.1) is 0 Å². The second-order valence-electron chi connectivity index (χ2n) is 5.42. The first kappa shape index (κ1) is 16.3. The van der Waals surface area contributed by atoms with Crippen LogP contribution in [-0.4, -0.2) is 23.3 Å². The van der Waals surface area contributed by atoms with Crippen LogP contribution in [0.1, 0.15) is 12.5 Å². The van der Waals surface area contributed by atoms with Crippen molar-refractivity contribution in [1.82, 2.24) is 4.90 Å². The molecule has 24 heavy (non-hydrogen) atoms.